The monoisotopic (exact) mass is 304 g/mol. The molecule has 1 N–H and O–H groups in total. The number of aromatic amines is 1. The van der Waals surface area contributed by atoms with Gasteiger partial charge in [0.25, 0.3) is 11.7 Å². The van der Waals surface area contributed by atoms with Crippen LogP contribution in [0.4, 0.5) is 5.69 Å². The van der Waals surface area contributed by atoms with E-state index in [1.54, 1.807) is 11.1 Å². The maximum absolute atomic E-state index is 12.8. The summed E-state index contributed by atoms with van der Waals surface area (Å²) in [6.45, 7) is 1.97. The molecule has 1 aromatic heterocycles. The number of aromatic nitrogens is 1. The smallest absolute Gasteiger partial charge is 0.299 e. The SMILES string of the molecule is C[C@H]1Cc2ccccc2N1C(=O)C(=O)c1c[nH]c2ccccc12. The van der Waals surface area contributed by atoms with Gasteiger partial charge in [-0.2, -0.15) is 0 Å². The van der Waals surface area contributed by atoms with Crippen molar-refractivity contribution in [2.45, 2.75) is 19.4 Å². The van der Waals surface area contributed by atoms with Crippen LogP contribution in [-0.2, 0) is 11.2 Å². The van der Waals surface area contributed by atoms with Gasteiger partial charge in [-0.25, -0.2) is 0 Å². The van der Waals surface area contributed by atoms with Crippen molar-refractivity contribution in [2.24, 2.45) is 0 Å². The van der Waals surface area contributed by atoms with Gasteiger partial charge in [0, 0.05) is 28.8 Å². The number of para-hydroxylation sites is 2. The number of nitrogens with zero attached hydrogens (tertiary/aromatic N) is 1. The molecule has 114 valence electrons. The zero-order valence-electron chi connectivity index (χ0n) is 12.7. The van der Waals surface area contributed by atoms with Crippen LogP contribution >= 0.6 is 0 Å². The van der Waals surface area contributed by atoms with E-state index in [1.165, 1.54) is 0 Å². The molecule has 1 amide bonds. The lowest BCUT2D eigenvalue weighted by atomic mass is 10.1. The fourth-order valence-corrected chi connectivity index (χ4v) is 3.36. The maximum atomic E-state index is 12.8. The van der Waals surface area contributed by atoms with E-state index >= 15 is 0 Å². The van der Waals surface area contributed by atoms with Crippen LogP contribution in [0.2, 0.25) is 0 Å². The summed E-state index contributed by atoms with van der Waals surface area (Å²) in [5, 5.41) is 0.783. The van der Waals surface area contributed by atoms with E-state index in [4.69, 9.17) is 0 Å². The number of ketones is 1. The number of amides is 1. The third-order valence-electron chi connectivity index (χ3n) is 4.45. The lowest BCUT2D eigenvalue weighted by Crippen LogP contribution is -2.40. The van der Waals surface area contributed by atoms with Crippen molar-refractivity contribution in [1.29, 1.82) is 0 Å². The lowest BCUT2D eigenvalue weighted by Gasteiger charge is -2.21. The summed E-state index contributed by atoms with van der Waals surface area (Å²) < 4.78 is 0. The minimum Gasteiger partial charge on any atom is -0.360 e. The van der Waals surface area contributed by atoms with E-state index in [-0.39, 0.29) is 6.04 Å². The van der Waals surface area contributed by atoms with E-state index < -0.39 is 11.7 Å². The highest BCUT2D eigenvalue weighted by atomic mass is 16.2. The molecule has 1 aliphatic rings. The predicted octanol–water partition coefficient (Wildman–Crippen LogP) is 3.33. The van der Waals surface area contributed by atoms with Crippen LogP contribution in [0, 0.1) is 0 Å². The standard InChI is InChI=1S/C19H16N2O2/c1-12-10-13-6-2-5-9-17(13)21(12)19(23)18(22)15-11-20-16-8-4-3-7-14(15)16/h2-9,11-12,20H,10H2,1H3/t12-/m0/s1. The Morgan fingerprint density at radius 2 is 1.83 bits per heavy atom. The lowest BCUT2D eigenvalue weighted by molar-refractivity contribution is -0.114. The molecule has 3 aromatic rings. The van der Waals surface area contributed by atoms with Gasteiger partial charge in [-0.05, 0) is 31.0 Å². The van der Waals surface area contributed by atoms with E-state index in [1.807, 2.05) is 55.5 Å². The zero-order chi connectivity index (χ0) is 16.0. The Balaban J connectivity index is 1.73. The second-order valence-corrected chi connectivity index (χ2v) is 5.93. The Bertz CT molecular complexity index is 926. The summed E-state index contributed by atoms with van der Waals surface area (Å²) in [5.41, 5.74) is 3.25. The van der Waals surface area contributed by atoms with Gasteiger partial charge in [0.05, 0.1) is 5.56 Å². The van der Waals surface area contributed by atoms with Gasteiger partial charge >= 0.3 is 0 Å². The average molecular weight is 304 g/mol. The van der Waals surface area contributed by atoms with Crippen LogP contribution in [0.5, 0.6) is 0 Å². The Morgan fingerprint density at radius 1 is 1.09 bits per heavy atom. The maximum Gasteiger partial charge on any atom is 0.299 e. The van der Waals surface area contributed by atoms with Gasteiger partial charge in [-0.3, -0.25) is 9.59 Å². The van der Waals surface area contributed by atoms with Gasteiger partial charge in [-0.1, -0.05) is 36.4 Å². The fourth-order valence-electron chi connectivity index (χ4n) is 3.36. The molecule has 1 aliphatic heterocycles. The number of anilines is 1. The first-order valence-corrected chi connectivity index (χ1v) is 7.68. The number of benzene rings is 2. The van der Waals surface area contributed by atoms with Crippen molar-refractivity contribution in [3.05, 3.63) is 65.9 Å². The summed E-state index contributed by atoms with van der Waals surface area (Å²) in [4.78, 5) is 30.3. The molecule has 4 nitrogen and oxygen atoms in total. The quantitative estimate of drug-likeness (QED) is 0.583. The number of rotatable bonds is 2. The van der Waals surface area contributed by atoms with Gasteiger partial charge < -0.3 is 9.88 Å². The summed E-state index contributed by atoms with van der Waals surface area (Å²) in [6, 6.07) is 15.3. The molecular formula is C19H16N2O2. The predicted molar refractivity (Wildman–Crippen MR) is 89.7 cm³/mol. The minimum absolute atomic E-state index is 0.00550. The van der Waals surface area contributed by atoms with Gasteiger partial charge in [0.15, 0.2) is 0 Å². The molecule has 0 saturated carbocycles. The third-order valence-corrected chi connectivity index (χ3v) is 4.45. The number of Topliss-reactive ketones (excluding diaryl/α,β-unsaturated/α-hetero) is 1. The second-order valence-electron chi connectivity index (χ2n) is 5.93. The first kappa shape index (κ1) is 13.8. The van der Waals surface area contributed by atoms with Crippen LogP contribution in [0.3, 0.4) is 0 Å². The van der Waals surface area contributed by atoms with Crippen molar-refractivity contribution in [2.75, 3.05) is 4.90 Å². The molecule has 2 aromatic carbocycles. The van der Waals surface area contributed by atoms with Crippen LogP contribution in [0.15, 0.2) is 54.7 Å². The van der Waals surface area contributed by atoms with Crippen molar-refractivity contribution >= 4 is 28.3 Å². The number of hydrogen-bond donors (Lipinski definition) is 1. The highest BCUT2D eigenvalue weighted by molar-refractivity contribution is 6.49. The topological polar surface area (TPSA) is 53.2 Å². The number of fused-ring (bicyclic) bond motifs is 2. The van der Waals surface area contributed by atoms with Crippen molar-refractivity contribution in [3.8, 4) is 0 Å². The molecule has 0 unspecified atom stereocenters. The van der Waals surface area contributed by atoms with Crippen molar-refractivity contribution in [1.82, 2.24) is 4.98 Å². The Hall–Kier alpha value is -2.88. The summed E-state index contributed by atoms with van der Waals surface area (Å²) >= 11 is 0. The molecule has 0 spiro atoms. The highest BCUT2D eigenvalue weighted by Crippen LogP contribution is 2.32. The second kappa shape index (κ2) is 5.09. The Morgan fingerprint density at radius 3 is 2.70 bits per heavy atom. The number of carbonyl (C=O) groups is 2. The molecule has 0 aliphatic carbocycles. The number of carbonyl (C=O) groups excluding carboxylic acids is 2. The minimum atomic E-state index is -0.467. The molecule has 23 heavy (non-hydrogen) atoms. The van der Waals surface area contributed by atoms with Gasteiger partial charge in [-0.15, -0.1) is 0 Å². The summed E-state index contributed by atoms with van der Waals surface area (Å²) in [6.07, 6.45) is 2.40. The first-order valence-electron chi connectivity index (χ1n) is 7.68. The molecule has 0 fully saturated rings. The Kier molecular flexibility index (Phi) is 3.05. The van der Waals surface area contributed by atoms with E-state index in [9.17, 15) is 9.59 Å². The third kappa shape index (κ3) is 2.06. The molecule has 2 heterocycles. The summed E-state index contributed by atoms with van der Waals surface area (Å²) in [7, 11) is 0. The molecule has 0 radical (unpaired) electrons. The van der Waals surface area contributed by atoms with Crippen molar-refractivity contribution < 1.29 is 9.59 Å². The fraction of sp³-hybridized carbons (Fsp3) is 0.158. The van der Waals surface area contributed by atoms with E-state index in [0.29, 0.717) is 5.56 Å². The van der Waals surface area contributed by atoms with E-state index in [2.05, 4.69) is 4.98 Å². The molecule has 4 rings (SSSR count). The average Bonchev–Trinajstić information content (AvgIpc) is 3.13. The number of hydrogen-bond acceptors (Lipinski definition) is 2. The Labute approximate surface area is 133 Å². The largest absolute Gasteiger partial charge is 0.360 e. The van der Waals surface area contributed by atoms with Gasteiger partial charge in [0.1, 0.15) is 0 Å². The molecule has 0 saturated heterocycles. The molecule has 0 bridgehead atoms. The zero-order valence-corrected chi connectivity index (χ0v) is 12.7. The summed E-state index contributed by atoms with van der Waals surface area (Å²) in [5.74, 6) is -0.932. The van der Waals surface area contributed by atoms with Crippen LogP contribution < -0.4 is 4.90 Å². The van der Waals surface area contributed by atoms with Gasteiger partial charge in [0.2, 0.25) is 0 Å². The van der Waals surface area contributed by atoms with Crippen LogP contribution in [0.1, 0.15) is 22.8 Å². The highest BCUT2D eigenvalue weighted by Gasteiger charge is 2.35. The molecule has 1 atom stereocenters. The van der Waals surface area contributed by atoms with E-state index in [0.717, 1.165) is 28.6 Å². The van der Waals surface area contributed by atoms with Crippen molar-refractivity contribution in [3.63, 3.8) is 0 Å². The van der Waals surface area contributed by atoms with Crippen LogP contribution in [-0.4, -0.2) is 22.7 Å². The van der Waals surface area contributed by atoms with Crippen LogP contribution in [0.25, 0.3) is 10.9 Å². The number of H-pyrrole nitrogens is 1. The normalized spacial score (nSPS) is 16.6. The first-order chi connectivity index (χ1) is 11.2. The molecular weight excluding hydrogens is 288 g/mol. The number of nitrogens with one attached hydrogen (secondary N) is 1. The molecule has 4 heteroatoms.